The lowest BCUT2D eigenvalue weighted by Gasteiger charge is -2.38. The van der Waals surface area contributed by atoms with E-state index in [2.05, 4.69) is 21.5 Å². The Kier molecular flexibility index (Phi) is 4.33. The average Bonchev–Trinajstić information content (AvgIpc) is 3.19. The summed E-state index contributed by atoms with van der Waals surface area (Å²) in [5.74, 6) is -2.61. The van der Waals surface area contributed by atoms with Crippen molar-refractivity contribution >= 4 is 5.91 Å². The van der Waals surface area contributed by atoms with Crippen molar-refractivity contribution in [1.82, 2.24) is 20.0 Å². The van der Waals surface area contributed by atoms with Crippen LogP contribution < -0.4 is 5.32 Å². The summed E-state index contributed by atoms with van der Waals surface area (Å²) >= 11 is 0. The number of aryl methyl sites for hydroxylation is 2. The number of carbonyl (C=O) groups excluding carboxylic acids is 1. The maximum Gasteiger partial charge on any atom is 0.252 e. The first kappa shape index (κ1) is 17.9. The van der Waals surface area contributed by atoms with E-state index in [9.17, 15) is 13.6 Å². The lowest BCUT2D eigenvalue weighted by molar-refractivity contribution is -0.135. The van der Waals surface area contributed by atoms with Gasteiger partial charge in [-0.15, -0.1) is 0 Å². The molecule has 2 aliphatic carbocycles. The Balaban J connectivity index is 1.38. The van der Waals surface area contributed by atoms with E-state index >= 15 is 0 Å². The fourth-order valence-corrected chi connectivity index (χ4v) is 5.27. The lowest BCUT2D eigenvalue weighted by atomic mass is 9.76. The molecule has 5 nitrogen and oxygen atoms in total. The number of nitrogens with one attached hydrogen (secondary N) is 1. The molecule has 1 aromatic heterocycles. The van der Waals surface area contributed by atoms with E-state index in [1.165, 1.54) is 5.56 Å². The van der Waals surface area contributed by atoms with Crippen LogP contribution in [0.3, 0.4) is 0 Å². The average molecular weight is 366 g/mol. The normalized spacial score (nSPS) is 31.5. The number of carbonyl (C=O) groups is 1. The molecule has 0 bridgehead atoms. The second kappa shape index (κ2) is 6.29. The van der Waals surface area contributed by atoms with Gasteiger partial charge in [-0.1, -0.05) is 6.42 Å². The van der Waals surface area contributed by atoms with Crippen LogP contribution in [0.25, 0.3) is 0 Å². The first-order valence-corrected chi connectivity index (χ1v) is 9.66. The number of nitrogens with zero attached hydrogens (tertiary/aromatic N) is 3. The van der Waals surface area contributed by atoms with Crippen molar-refractivity contribution in [2.45, 2.75) is 64.0 Å². The van der Waals surface area contributed by atoms with Crippen LogP contribution in [-0.4, -0.2) is 45.6 Å². The van der Waals surface area contributed by atoms with Crippen LogP contribution in [0, 0.1) is 18.3 Å². The Bertz CT molecular complexity index is 696. The molecule has 0 radical (unpaired) electrons. The first-order valence-electron chi connectivity index (χ1n) is 9.66. The van der Waals surface area contributed by atoms with Gasteiger partial charge in [0.25, 0.3) is 5.92 Å². The molecule has 1 aliphatic heterocycles. The predicted molar refractivity (Wildman–Crippen MR) is 93.7 cm³/mol. The van der Waals surface area contributed by atoms with Gasteiger partial charge in [-0.2, -0.15) is 5.10 Å². The zero-order valence-electron chi connectivity index (χ0n) is 15.6. The summed E-state index contributed by atoms with van der Waals surface area (Å²) in [6.45, 7) is 4.80. The topological polar surface area (TPSA) is 50.2 Å². The summed E-state index contributed by atoms with van der Waals surface area (Å²) in [5.41, 5.74) is 2.31. The predicted octanol–water partition coefficient (Wildman–Crippen LogP) is 2.63. The summed E-state index contributed by atoms with van der Waals surface area (Å²) in [5, 5.41) is 7.30. The van der Waals surface area contributed by atoms with Crippen molar-refractivity contribution in [2.75, 3.05) is 13.1 Å². The first-order chi connectivity index (χ1) is 12.3. The number of aromatic nitrogens is 2. The van der Waals surface area contributed by atoms with E-state index in [1.807, 2.05) is 18.7 Å². The minimum Gasteiger partial charge on any atom is -0.353 e. The third-order valence-corrected chi connectivity index (χ3v) is 6.63. The van der Waals surface area contributed by atoms with Crippen LogP contribution in [0.4, 0.5) is 8.78 Å². The number of amides is 1. The molecule has 1 amide bonds. The van der Waals surface area contributed by atoms with Crippen LogP contribution in [0.5, 0.6) is 0 Å². The fraction of sp³-hybridized carbons (Fsp3) is 0.789. The molecule has 2 atom stereocenters. The van der Waals surface area contributed by atoms with Crippen LogP contribution >= 0.6 is 0 Å². The van der Waals surface area contributed by atoms with E-state index in [1.54, 1.807) is 0 Å². The molecule has 1 aromatic rings. The van der Waals surface area contributed by atoms with E-state index in [4.69, 9.17) is 0 Å². The third kappa shape index (κ3) is 3.26. The second-order valence-corrected chi connectivity index (χ2v) is 8.65. The molecule has 2 heterocycles. The molecule has 144 valence electrons. The van der Waals surface area contributed by atoms with Crippen molar-refractivity contribution in [3.63, 3.8) is 0 Å². The van der Waals surface area contributed by atoms with Crippen LogP contribution in [-0.2, 0) is 18.4 Å². The zero-order chi connectivity index (χ0) is 18.5. The largest absolute Gasteiger partial charge is 0.353 e. The highest BCUT2D eigenvalue weighted by atomic mass is 19.3. The van der Waals surface area contributed by atoms with Crippen molar-refractivity contribution < 1.29 is 13.6 Å². The second-order valence-electron chi connectivity index (χ2n) is 8.65. The van der Waals surface area contributed by atoms with Crippen molar-refractivity contribution in [3.05, 3.63) is 17.5 Å². The zero-order valence-corrected chi connectivity index (χ0v) is 15.6. The van der Waals surface area contributed by atoms with Crippen molar-refractivity contribution in [1.29, 1.82) is 0 Å². The van der Waals surface area contributed by atoms with Crippen molar-refractivity contribution in [2.24, 2.45) is 18.4 Å². The summed E-state index contributed by atoms with van der Waals surface area (Å²) < 4.78 is 27.9. The molecule has 2 saturated carbocycles. The Labute approximate surface area is 153 Å². The van der Waals surface area contributed by atoms with Gasteiger partial charge in [0.1, 0.15) is 0 Å². The van der Waals surface area contributed by atoms with Crippen LogP contribution in [0.1, 0.15) is 49.8 Å². The number of halogens is 2. The summed E-state index contributed by atoms with van der Waals surface area (Å²) in [6.07, 6.45) is 5.68. The Morgan fingerprint density at radius 2 is 2.15 bits per heavy atom. The third-order valence-electron chi connectivity index (χ3n) is 6.63. The van der Waals surface area contributed by atoms with E-state index in [0.29, 0.717) is 0 Å². The lowest BCUT2D eigenvalue weighted by Crippen LogP contribution is -2.53. The van der Waals surface area contributed by atoms with Gasteiger partial charge in [0.05, 0.1) is 5.69 Å². The van der Waals surface area contributed by atoms with Gasteiger partial charge >= 0.3 is 0 Å². The molecule has 3 fully saturated rings. The van der Waals surface area contributed by atoms with Crippen LogP contribution in [0.2, 0.25) is 0 Å². The van der Waals surface area contributed by atoms with E-state index in [-0.39, 0.29) is 36.1 Å². The standard InChI is InChI=1S/C19H28F2N4O/c1-13-14(10-24(2)23-13)11-25-7-6-18(12-25)5-3-4-16(18)17(26)22-15-8-19(20,21)9-15/h10,15-16H,3-9,11-12H2,1-2H3,(H,22,26)/t16-,18-/m1/s1. The van der Waals surface area contributed by atoms with Gasteiger partial charge in [0.2, 0.25) is 5.91 Å². The highest BCUT2D eigenvalue weighted by Gasteiger charge is 2.52. The van der Waals surface area contributed by atoms with E-state index < -0.39 is 5.92 Å². The monoisotopic (exact) mass is 366 g/mol. The quantitative estimate of drug-likeness (QED) is 0.891. The number of likely N-dealkylation sites (tertiary alicyclic amines) is 1. The molecule has 1 spiro atoms. The summed E-state index contributed by atoms with van der Waals surface area (Å²) in [7, 11) is 1.93. The maximum absolute atomic E-state index is 13.0. The Hall–Kier alpha value is -1.50. The Morgan fingerprint density at radius 1 is 1.38 bits per heavy atom. The highest BCUT2D eigenvalue weighted by molar-refractivity contribution is 5.80. The highest BCUT2D eigenvalue weighted by Crippen LogP contribution is 2.50. The van der Waals surface area contributed by atoms with Crippen LogP contribution in [0.15, 0.2) is 6.20 Å². The van der Waals surface area contributed by atoms with Crippen molar-refractivity contribution in [3.8, 4) is 0 Å². The summed E-state index contributed by atoms with van der Waals surface area (Å²) in [4.78, 5) is 15.2. The van der Waals surface area contributed by atoms with E-state index in [0.717, 1.165) is 51.0 Å². The molecule has 0 aromatic carbocycles. The molecule has 7 heteroatoms. The van der Waals surface area contributed by atoms with Gasteiger partial charge in [0, 0.05) is 56.7 Å². The van der Waals surface area contributed by atoms with Gasteiger partial charge in [-0.25, -0.2) is 8.78 Å². The van der Waals surface area contributed by atoms with Gasteiger partial charge < -0.3 is 5.32 Å². The molecule has 3 aliphatic rings. The molecule has 26 heavy (non-hydrogen) atoms. The molecule has 0 unspecified atom stereocenters. The van der Waals surface area contributed by atoms with Gasteiger partial charge in [0.15, 0.2) is 0 Å². The summed E-state index contributed by atoms with van der Waals surface area (Å²) in [6, 6.07) is -0.342. The minimum absolute atomic E-state index is 0.00223. The molecular weight excluding hydrogens is 338 g/mol. The number of hydrogen-bond acceptors (Lipinski definition) is 3. The number of alkyl halides is 2. The molecule has 1 saturated heterocycles. The molecule has 4 rings (SSSR count). The number of hydrogen-bond donors (Lipinski definition) is 1. The smallest absolute Gasteiger partial charge is 0.252 e. The fourth-order valence-electron chi connectivity index (χ4n) is 5.27. The maximum atomic E-state index is 13.0. The molecule has 1 N–H and O–H groups in total. The number of rotatable bonds is 4. The minimum atomic E-state index is -2.59. The Morgan fingerprint density at radius 3 is 2.81 bits per heavy atom. The SMILES string of the molecule is Cc1nn(C)cc1CN1CC[C@]2(CCC[C@@H]2C(=O)NC2CC(F)(F)C2)C1. The van der Waals surface area contributed by atoms with Gasteiger partial charge in [-0.3, -0.25) is 14.4 Å². The molecular formula is C19H28F2N4O. The van der Waals surface area contributed by atoms with Gasteiger partial charge in [-0.05, 0) is 38.1 Å².